The van der Waals surface area contributed by atoms with Gasteiger partial charge in [0.05, 0.1) is 11.4 Å². The molecule has 0 aliphatic carbocycles. The van der Waals surface area contributed by atoms with Gasteiger partial charge in [-0.2, -0.15) is 0 Å². The molecule has 148 valence electrons. The van der Waals surface area contributed by atoms with Gasteiger partial charge < -0.3 is 9.47 Å². The molecule has 1 N–H and O–H groups in total. The number of carbonyl (C=O) groups excluding carboxylic acids is 2. The Labute approximate surface area is 172 Å². The van der Waals surface area contributed by atoms with Crippen molar-refractivity contribution < 1.29 is 19.1 Å². The van der Waals surface area contributed by atoms with E-state index in [-0.39, 0.29) is 6.61 Å². The van der Waals surface area contributed by atoms with E-state index in [1.807, 2.05) is 61.5 Å². The quantitative estimate of drug-likeness (QED) is 0.710. The average Bonchev–Trinajstić information content (AvgIpc) is 3.04. The van der Waals surface area contributed by atoms with Gasteiger partial charge >= 0.3 is 12.2 Å². The summed E-state index contributed by atoms with van der Waals surface area (Å²) in [4.78, 5) is 26.3. The molecule has 1 heterocycles. The number of likely N-dealkylation sites (tertiary alicyclic amines) is 1. The lowest BCUT2D eigenvalue weighted by Crippen LogP contribution is -2.54. The smallest absolute Gasteiger partial charge is 0.411 e. The molecule has 2 aromatic rings. The molecule has 0 spiro atoms. The highest BCUT2D eigenvalue weighted by Gasteiger charge is 2.50. The van der Waals surface area contributed by atoms with Crippen LogP contribution in [-0.2, 0) is 20.4 Å². The Morgan fingerprint density at radius 2 is 1.86 bits per heavy atom. The van der Waals surface area contributed by atoms with Crippen molar-refractivity contribution >= 4 is 28.1 Å². The van der Waals surface area contributed by atoms with E-state index in [4.69, 9.17) is 9.47 Å². The van der Waals surface area contributed by atoms with Gasteiger partial charge in [-0.25, -0.2) is 9.59 Å². The number of rotatable bonds is 4. The first-order chi connectivity index (χ1) is 13.5. The fourth-order valence-electron chi connectivity index (χ4n) is 3.50. The largest absolute Gasteiger partial charge is 0.453 e. The van der Waals surface area contributed by atoms with E-state index in [0.29, 0.717) is 13.0 Å². The molecule has 0 radical (unpaired) electrons. The lowest BCUT2D eigenvalue weighted by atomic mass is 9.91. The molecule has 1 unspecified atom stereocenters. The van der Waals surface area contributed by atoms with Gasteiger partial charge in [0.25, 0.3) is 0 Å². The predicted octanol–water partition coefficient (Wildman–Crippen LogP) is 4.31. The van der Waals surface area contributed by atoms with Crippen LogP contribution >= 0.6 is 15.9 Å². The van der Waals surface area contributed by atoms with Gasteiger partial charge in [-0.15, -0.1) is 0 Å². The van der Waals surface area contributed by atoms with Gasteiger partial charge in [0.1, 0.15) is 12.8 Å². The Morgan fingerprint density at radius 3 is 2.54 bits per heavy atom. The molecule has 7 heteroatoms. The molecule has 0 aromatic heterocycles. The second-order valence-corrected chi connectivity index (χ2v) is 8.11. The van der Waals surface area contributed by atoms with E-state index in [1.165, 1.54) is 12.0 Å². The maximum Gasteiger partial charge on any atom is 0.411 e. The van der Waals surface area contributed by atoms with E-state index in [0.717, 1.165) is 16.7 Å². The Hall–Kier alpha value is -2.54. The fraction of sp³-hybridized carbons (Fsp3) is 0.333. The number of methoxy groups -OCH3 is 1. The standard InChI is InChI=1S/C21H23BrN2O4/c1-15-8-6-7-11-17(15)21(22)12-13-24(20(26)27-2)18(21)23-19(25)28-14-16-9-4-3-5-10-16/h3-11,18H,12-14H2,1-2H3,(H,23,25)/t18?,21-/m0/s1. The Bertz CT molecular complexity index is 845. The highest BCUT2D eigenvalue weighted by atomic mass is 79.9. The first-order valence-electron chi connectivity index (χ1n) is 9.02. The van der Waals surface area contributed by atoms with Crippen molar-refractivity contribution in [2.75, 3.05) is 13.7 Å². The van der Waals surface area contributed by atoms with Gasteiger partial charge in [0.2, 0.25) is 0 Å². The molecule has 28 heavy (non-hydrogen) atoms. The average molecular weight is 447 g/mol. The molecule has 1 saturated heterocycles. The van der Waals surface area contributed by atoms with Crippen LogP contribution in [-0.4, -0.2) is 36.9 Å². The minimum absolute atomic E-state index is 0.150. The molecule has 2 atom stereocenters. The molecule has 1 fully saturated rings. The van der Waals surface area contributed by atoms with E-state index in [1.54, 1.807) is 0 Å². The number of halogens is 1. The fourth-order valence-corrected chi connectivity index (χ4v) is 4.48. The molecule has 1 aliphatic rings. The van der Waals surface area contributed by atoms with E-state index in [2.05, 4.69) is 21.2 Å². The number of aryl methyl sites for hydroxylation is 1. The van der Waals surface area contributed by atoms with Crippen LogP contribution in [0.2, 0.25) is 0 Å². The number of nitrogens with zero attached hydrogens (tertiary/aromatic N) is 1. The van der Waals surface area contributed by atoms with E-state index in [9.17, 15) is 9.59 Å². The van der Waals surface area contributed by atoms with E-state index >= 15 is 0 Å². The summed E-state index contributed by atoms with van der Waals surface area (Å²) in [5.41, 5.74) is 2.96. The SMILES string of the molecule is COC(=O)N1CC[C@](Br)(c2ccccc2C)C1NC(=O)OCc1ccccc1. The minimum Gasteiger partial charge on any atom is -0.453 e. The maximum absolute atomic E-state index is 12.5. The van der Waals surface area contributed by atoms with Crippen LogP contribution < -0.4 is 5.32 Å². The lowest BCUT2D eigenvalue weighted by molar-refractivity contribution is 0.0963. The number of nitrogens with one attached hydrogen (secondary N) is 1. The van der Waals surface area contributed by atoms with Crippen LogP contribution in [0.5, 0.6) is 0 Å². The predicted molar refractivity (Wildman–Crippen MR) is 109 cm³/mol. The van der Waals surface area contributed by atoms with Crippen LogP contribution in [0.15, 0.2) is 54.6 Å². The third kappa shape index (κ3) is 4.14. The van der Waals surface area contributed by atoms with Crippen LogP contribution in [0.4, 0.5) is 9.59 Å². The molecule has 3 rings (SSSR count). The summed E-state index contributed by atoms with van der Waals surface area (Å²) in [5, 5.41) is 2.85. The molecule has 6 nitrogen and oxygen atoms in total. The van der Waals surface area contributed by atoms with E-state index < -0.39 is 22.7 Å². The summed E-state index contributed by atoms with van der Waals surface area (Å²) >= 11 is 3.81. The van der Waals surface area contributed by atoms with Crippen molar-refractivity contribution in [1.82, 2.24) is 10.2 Å². The Morgan fingerprint density at radius 1 is 1.18 bits per heavy atom. The second-order valence-electron chi connectivity index (χ2n) is 6.70. The molecule has 2 amide bonds. The molecule has 0 saturated carbocycles. The summed E-state index contributed by atoms with van der Waals surface area (Å²) in [7, 11) is 1.33. The first-order valence-corrected chi connectivity index (χ1v) is 9.82. The highest BCUT2D eigenvalue weighted by molar-refractivity contribution is 9.09. The first kappa shape index (κ1) is 20.2. The summed E-state index contributed by atoms with van der Waals surface area (Å²) in [6.07, 6.45) is -1.12. The summed E-state index contributed by atoms with van der Waals surface area (Å²) < 4.78 is 9.63. The van der Waals surface area contributed by atoms with Crippen molar-refractivity contribution in [3.63, 3.8) is 0 Å². The van der Waals surface area contributed by atoms with Crippen molar-refractivity contribution in [3.05, 3.63) is 71.3 Å². The van der Waals surface area contributed by atoms with Crippen LogP contribution in [0, 0.1) is 6.92 Å². The Balaban J connectivity index is 1.80. The zero-order valence-electron chi connectivity index (χ0n) is 15.9. The van der Waals surface area contributed by atoms with Crippen molar-refractivity contribution in [3.8, 4) is 0 Å². The minimum atomic E-state index is -0.649. The number of hydrogen-bond donors (Lipinski definition) is 1. The van der Waals surface area contributed by atoms with Gasteiger partial charge in [-0.3, -0.25) is 10.2 Å². The van der Waals surface area contributed by atoms with Gasteiger partial charge in [-0.1, -0.05) is 70.5 Å². The number of carbonyl (C=O) groups is 2. The van der Waals surface area contributed by atoms with Crippen LogP contribution in [0.1, 0.15) is 23.1 Å². The molecular formula is C21H23BrN2O4. The van der Waals surface area contributed by atoms with Crippen LogP contribution in [0.3, 0.4) is 0 Å². The van der Waals surface area contributed by atoms with Crippen LogP contribution in [0.25, 0.3) is 0 Å². The van der Waals surface area contributed by atoms with Gasteiger partial charge in [0.15, 0.2) is 0 Å². The molecular weight excluding hydrogens is 424 g/mol. The zero-order chi connectivity index (χ0) is 20.1. The second kappa shape index (κ2) is 8.65. The summed E-state index contributed by atoms with van der Waals surface area (Å²) in [6, 6.07) is 17.3. The molecule has 1 aliphatic heterocycles. The number of benzene rings is 2. The third-order valence-electron chi connectivity index (χ3n) is 4.93. The topological polar surface area (TPSA) is 67.9 Å². The van der Waals surface area contributed by atoms with Crippen molar-refractivity contribution in [2.45, 2.75) is 30.4 Å². The monoisotopic (exact) mass is 446 g/mol. The lowest BCUT2D eigenvalue weighted by Gasteiger charge is -2.34. The Kier molecular flexibility index (Phi) is 6.24. The normalized spacial score (nSPS) is 21.2. The third-order valence-corrected chi connectivity index (χ3v) is 6.19. The molecule has 0 bridgehead atoms. The number of amides is 2. The number of ether oxygens (including phenoxy) is 2. The highest BCUT2D eigenvalue weighted by Crippen LogP contribution is 2.45. The summed E-state index contributed by atoms with van der Waals surface area (Å²) in [6.45, 7) is 2.59. The van der Waals surface area contributed by atoms with Gasteiger partial charge in [0, 0.05) is 6.54 Å². The summed E-state index contributed by atoms with van der Waals surface area (Å²) in [5.74, 6) is 0. The van der Waals surface area contributed by atoms with Gasteiger partial charge in [-0.05, 0) is 30.0 Å². The zero-order valence-corrected chi connectivity index (χ0v) is 17.4. The van der Waals surface area contributed by atoms with Crippen molar-refractivity contribution in [2.24, 2.45) is 0 Å². The molecule has 2 aromatic carbocycles. The van der Waals surface area contributed by atoms with Crippen molar-refractivity contribution in [1.29, 1.82) is 0 Å². The maximum atomic E-state index is 12.5. The number of alkyl carbamates (subject to hydrolysis) is 1. The number of alkyl halides is 1. The number of hydrogen-bond acceptors (Lipinski definition) is 4.